The highest BCUT2D eigenvalue weighted by molar-refractivity contribution is 6.15. The van der Waals surface area contributed by atoms with E-state index in [1.165, 1.54) is 11.8 Å². The smallest absolute Gasteiger partial charge is 0.233 e. The zero-order valence-corrected chi connectivity index (χ0v) is 10.3. The number of rotatable bonds is 2. The van der Waals surface area contributed by atoms with E-state index in [1.54, 1.807) is 24.3 Å². The molecule has 1 aliphatic rings. The van der Waals surface area contributed by atoms with E-state index in [0.29, 0.717) is 24.1 Å². The Morgan fingerprint density at radius 3 is 1.94 bits per heavy atom. The van der Waals surface area contributed by atoms with Crippen molar-refractivity contribution in [2.75, 3.05) is 4.90 Å². The molecule has 0 aliphatic carbocycles. The van der Waals surface area contributed by atoms with Crippen molar-refractivity contribution >= 4 is 23.3 Å². The Bertz CT molecular complexity index is 472. The molecule has 1 aromatic rings. The summed E-state index contributed by atoms with van der Waals surface area (Å²) in [4.78, 5) is 36.2. The number of nitrogens with zero attached hydrogens (tertiary/aromatic N) is 1. The summed E-state index contributed by atoms with van der Waals surface area (Å²) in [5.41, 5.74) is 1.13. The normalized spacial score (nSPS) is 16.6. The molecule has 1 saturated heterocycles. The minimum atomic E-state index is -0.159. The first-order valence-electron chi connectivity index (χ1n) is 6.06. The number of imide groups is 1. The fourth-order valence-electron chi connectivity index (χ4n) is 2.05. The van der Waals surface area contributed by atoms with Crippen molar-refractivity contribution in [2.45, 2.75) is 32.6 Å². The highest BCUT2D eigenvalue weighted by Crippen LogP contribution is 2.22. The topological polar surface area (TPSA) is 54.5 Å². The van der Waals surface area contributed by atoms with Crippen LogP contribution in [0.25, 0.3) is 0 Å². The van der Waals surface area contributed by atoms with Gasteiger partial charge in [0.2, 0.25) is 11.8 Å². The van der Waals surface area contributed by atoms with E-state index in [9.17, 15) is 14.4 Å². The van der Waals surface area contributed by atoms with Crippen molar-refractivity contribution in [2.24, 2.45) is 0 Å². The van der Waals surface area contributed by atoms with Gasteiger partial charge < -0.3 is 0 Å². The van der Waals surface area contributed by atoms with Crippen molar-refractivity contribution in [1.29, 1.82) is 0 Å². The molecule has 2 amide bonds. The van der Waals surface area contributed by atoms with E-state index in [2.05, 4.69) is 0 Å². The summed E-state index contributed by atoms with van der Waals surface area (Å²) in [5, 5.41) is 0. The summed E-state index contributed by atoms with van der Waals surface area (Å²) in [6, 6.07) is 6.59. The number of amides is 2. The quantitative estimate of drug-likeness (QED) is 0.593. The van der Waals surface area contributed by atoms with Crippen LogP contribution < -0.4 is 4.90 Å². The number of benzene rings is 1. The van der Waals surface area contributed by atoms with Gasteiger partial charge in [-0.05, 0) is 44.0 Å². The first-order valence-corrected chi connectivity index (χ1v) is 6.06. The van der Waals surface area contributed by atoms with Crippen LogP contribution in [-0.4, -0.2) is 17.6 Å². The molecule has 0 aromatic heterocycles. The third-order valence-corrected chi connectivity index (χ3v) is 3.06. The van der Waals surface area contributed by atoms with Gasteiger partial charge in [0, 0.05) is 18.4 Å². The molecule has 0 N–H and O–H groups in total. The van der Waals surface area contributed by atoms with Crippen molar-refractivity contribution < 1.29 is 14.4 Å². The van der Waals surface area contributed by atoms with E-state index in [-0.39, 0.29) is 17.6 Å². The highest BCUT2D eigenvalue weighted by atomic mass is 16.2. The molecule has 4 heteroatoms. The maximum absolute atomic E-state index is 11.9. The fourth-order valence-corrected chi connectivity index (χ4v) is 2.05. The third kappa shape index (κ3) is 2.47. The molecule has 1 fully saturated rings. The zero-order chi connectivity index (χ0) is 13.1. The molecule has 4 nitrogen and oxygen atoms in total. The van der Waals surface area contributed by atoms with Crippen molar-refractivity contribution in [3.8, 4) is 0 Å². The number of carbonyl (C=O) groups is 3. The number of hydrogen-bond acceptors (Lipinski definition) is 3. The fraction of sp³-hybridized carbons (Fsp3) is 0.357. The van der Waals surface area contributed by atoms with Crippen LogP contribution in [0.1, 0.15) is 43.0 Å². The Kier molecular flexibility index (Phi) is 3.55. The highest BCUT2D eigenvalue weighted by Gasteiger charge is 2.25. The molecule has 0 bridgehead atoms. The molecule has 18 heavy (non-hydrogen) atoms. The molecule has 0 atom stereocenters. The van der Waals surface area contributed by atoms with Gasteiger partial charge in [-0.1, -0.05) is 0 Å². The van der Waals surface area contributed by atoms with Gasteiger partial charge in [0.1, 0.15) is 0 Å². The van der Waals surface area contributed by atoms with Gasteiger partial charge in [-0.2, -0.15) is 0 Å². The van der Waals surface area contributed by atoms with Crippen LogP contribution in [0.5, 0.6) is 0 Å². The van der Waals surface area contributed by atoms with Crippen molar-refractivity contribution in [3.05, 3.63) is 29.8 Å². The number of anilines is 1. The van der Waals surface area contributed by atoms with Gasteiger partial charge in [0.25, 0.3) is 0 Å². The Hall–Kier alpha value is -1.97. The molecule has 0 radical (unpaired) electrons. The van der Waals surface area contributed by atoms with Crippen LogP contribution in [0.2, 0.25) is 0 Å². The lowest BCUT2D eigenvalue weighted by atomic mass is 10.1. The Labute approximate surface area is 106 Å². The second kappa shape index (κ2) is 5.12. The van der Waals surface area contributed by atoms with Gasteiger partial charge >= 0.3 is 0 Å². The van der Waals surface area contributed by atoms with Crippen LogP contribution in [0, 0.1) is 0 Å². The lowest BCUT2D eigenvalue weighted by Gasteiger charge is -2.18. The molecule has 1 heterocycles. The number of Topliss-reactive ketones (excluding diaryl/α,β-unsaturated/α-hetero) is 1. The molecular weight excluding hydrogens is 230 g/mol. The molecule has 0 spiro atoms. The van der Waals surface area contributed by atoms with E-state index < -0.39 is 0 Å². The third-order valence-electron chi connectivity index (χ3n) is 3.06. The molecule has 0 saturated carbocycles. The maximum Gasteiger partial charge on any atom is 0.233 e. The number of hydrogen-bond donors (Lipinski definition) is 0. The summed E-state index contributed by atoms with van der Waals surface area (Å²) in [6.45, 7) is 1.48. The molecule has 1 aliphatic heterocycles. The van der Waals surface area contributed by atoms with E-state index in [0.717, 1.165) is 12.8 Å². The van der Waals surface area contributed by atoms with Crippen LogP contribution in [0.3, 0.4) is 0 Å². The largest absolute Gasteiger partial charge is 0.295 e. The predicted molar refractivity (Wildman–Crippen MR) is 67.4 cm³/mol. The van der Waals surface area contributed by atoms with Gasteiger partial charge in [0.15, 0.2) is 5.78 Å². The van der Waals surface area contributed by atoms with Crippen LogP contribution in [-0.2, 0) is 9.59 Å². The van der Waals surface area contributed by atoms with Gasteiger partial charge in [-0.3, -0.25) is 19.3 Å². The first-order chi connectivity index (χ1) is 8.59. The van der Waals surface area contributed by atoms with E-state index >= 15 is 0 Å². The second-order valence-electron chi connectivity index (χ2n) is 4.43. The summed E-state index contributed by atoms with van der Waals surface area (Å²) in [6.07, 6.45) is 2.32. The average Bonchev–Trinajstić information content (AvgIpc) is 2.51. The summed E-state index contributed by atoms with van der Waals surface area (Å²) in [5.74, 6) is -0.351. The minimum Gasteiger partial charge on any atom is -0.295 e. The lowest BCUT2D eigenvalue weighted by molar-refractivity contribution is -0.125. The zero-order valence-electron chi connectivity index (χ0n) is 10.3. The predicted octanol–water partition coefficient (Wildman–Crippen LogP) is 2.32. The standard InChI is InChI=1S/C14H15NO3/c1-10(16)11-6-8-12(9-7-11)15-13(17)4-2-3-5-14(15)18/h6-9H,2-5H2,1H3. The van der Waals surface area contributed by atoms with Gasteiger partial charge in [-0.25, -0.2) is 0 Å². The molecule has 0 unspecified atom stereocenters. The molecular formula is C14H15NO3. The summed E-state index contributed by atoms with van der Waals surface area (Å²) >= 11 is 0. The monoisotopic (exact) mass is 245 g/mol. The maximum atomic E-state index is 11.9. The number of carbonyl (C=O) groups excluding carboxylic acids is 3. The second-order valence-corrected chi connectivity index (χ2v) is 4.43. The Morgan fingerprint density at radius 1 is 1.00 bits per heavy atom. The number of ketones is 1. The SMILES string of the molecule is CC(=O)c1ccc(N2C(=O)CCCCC2=O)cc1. The summed E-state index contributed by atoms with van der Waals surface area (Å²) in [7, 11) is 0. The Morgan fingerprint density at radius 2 is 1.50 bits per heavy atom. The summed E-state index contributed by atoms with van der Waals surface area (Å²) < 4.78 is 0. The molecule has 2 rings (SSSR count). The van der Waals surface area contributed by atoms with E-state index in [4.69, 9.17) is 0 Å². The van der Waals surface area contributed by atoms with Crippen LogP contribution >= 0.6 is 0 Å². The van der Waals surface area contributed by atoms with E-state index in [1.807, 2.05) is 0 Å². The Balaban J connectivity index is 2.30. The van der Waals surface area contributed by atoms with Crippen LogP contribution in [0.4, 0.5) is 5.69 Å². The lowest BCUT2D eigenvalue weighted by Crippen LogP contribution is -2.35. The van der Waals surface area contributed by atoms with Crippen LogP contribution in [0.15, 0.2) is 24.3 Å². The van der Waals surface area contributed by atoms with Gasteiger partial charge in [0.05, 0.1) is 5.69 Å². The van der Waals surface area contributed by atoms with Crippen molar-refractivity contribution in [3.63, 3.8) is 0 Å². The molecule has 1 aromatic carbocycles. The first kappa shape index (κ1) is 12.5. The molecule has 94 valence electrons. The average molecular weight is 245 g/mol. The minimum absolute atomic E-state index is 0.0323. The van der Waals surface area contributed by atoms with Gasteiger partial charge in [-0.15, -0.1) is 0 Å². The van der Waals surface area contributed by atoms with Crippen molar-refractivity contribution in [1.82, 2.24) is 0 Å².